The molecule has 0 saturated carbocycles. The summed E-state index contributed by atoms with van der Waals surface area (Å²) in [6, 6.07) is 11.4. The molecule has 3 rings (SSSR count). The number of nitrogens with one attached hydrogen (secondary N) is 1. The van der Waals surface area contributed by atoms with E-state index in [-0.39, 0.29) is 25.8 Å². The van der Waals surface area contributed by atoms with Gasteiger partial charge < -0.3 is 14.8 Å². The van der Waals surface area contributed by atoms with E-state index < -0.39 is 10.0 Å². The number of anilines is 1. The third kappa shape index (κ3) is 4.20. The van der Waals surface area contributed by atoms with E-state index in [9.17, 15) is 13.2 Å². The van der Waals surface area contributed by atoms with Crippen LogP contribution < -0.4 is 19.1 Å². The highest BCUT2D eigenvalue weighted by Crippen LogP contribution is 2.35. The molecule has 2 aromatic carbocycles. The Morgan fingerprint density at radius 3 is 2.69 bits per heavy atom. The molecule has 1 N–H and O–H groups in total. The van der Waals surface area contributed by atoms with Crippen molar-refractivity contribution in [1.82, 2.24) is 5.32 Å². The minimum atomic E-state index is -3.54. The van der Waals surface area contributed by atoms with E-state index in [0.717, 1.165) is 6.26 Å². The fourth-order valence-electron chi connectivity index (χ4n) is 2.53. The van der Waals surface area contributed by atoms with Crippen LogP contribution in [0.2, 0.25) is 5.02 Å². The molecule has 0 radical (unpaired) electrons. The van der Waals surface area contributed by atoms with Crippen molar-refractivity contribution in [2.24, 2.45) is 0 Å². The molecule has 7 nitrogen and oxygen atoms in total. The third-order valence-electron chi connectivity index (χ3n) is 3.73. The fourth-order valence-corrected chi connectivity index (χ4v) is 3.64. The number of carbonyl (C=O) groups is 1. The standard InChI is InChI=1S/C17H17ClN2O5S/c1-26(22,23)20(14-5-6-15-16(10-14)25-11-24-15)8-7-19-17(21)12-3-2-4-13(18)9-12/h2-6,9-10H,7-8,11H2,1H3,(H,19,21). The van der Waals surface area contributed by atoms with Crippen molar-refractivity contribution in [3.05, 3.63) is 53.1 Å². The van der Waals surface area contributed by atoms with Crippen LogP contribution in [0.1, 0.15) is 10.4 Å². The fraction of sp³-hybridized carbons (Fsp3) is 0.235. The van der Waals surface area contributed by atoms with Crippen LogP contribution >= 0.6 is 11.6 Å². The first-order valence-electron chi connectivity index (χ1n) is 7.76. The number of ether oxygens (including phenoxy) is 2. The summed E-state index contributed by atoms with van der Waals surface area (Å²) in [5.41, 5.74) is 0.847. The van der Waals surface area contributed by atoms with Crippen molar-refractivity contribution in [1.29, 1.82) is 0 Å². The van der Waals surface area contributed by atoms with Crippen molar-refractivity contribution in [2.75, 3.05) is 30.4 Å². The van der Waals surface area contributed by atoms with Crippen molar-refractivity contribution in [3.8, 4) is 11.5 Å². The number of benzene rings is 2. The molecule has 0 aliphatic carbocycles. The lowest BCUT2D eigenvalue weighted by molar-refractivity contribution is 0.0955. The molecule has 1 aliphatic rings. The van der Waals surface area contributed by atoms with Gasteiger partial charge in [-0.2, -0.15) is 0 Å². The summed E-state index contributed by atoms with van der Waals surface area (Å²) in [5, 5.41) is 3.15. The van der Waals surface area contributed by atoms with Gasteiger partial charge in [-0.1, -0.05) is 17.7 Å². The van der Waals surface area contributed by atoms with Gasteiger partial charge in [0.2, 0.25) is 16.8 Å². The summed E-state index contributed by atoms with van der Waals surface area (Å²) in [7, 11) is -3.54. The first-order valence-corrected chi connectivity index (χ1v) is 9.98. The van der Waals surface area contributed by atoms with Gasteiger partial charge in [0.1, 0.15) is 0 Å². The van der Waals surface area contributed by atoms with Crippen LogP contribution in [0, 0.1) is 0 Å². The molecule has 0 fully saturated rings. The smallest absolute Gasteiger partial charge is 0.251 e. The van der Waals surface area contributed by atoms with Crippen molar-refractivity contribution in [3.63, 3.8) is 0 Å². The van der Waals surface area contributed by atoms with Crippen LogP contribution in [-0.2, 0) is 10.0 Å². The molecule has 0 unspecified atom stereocenters. The van der Waals surface area contributed by atoms with Crippen LogP contribution in [0.4, 0.5) is 5.69 Å². The van der Waals surface area contributed by atoms with Gasteiger partial charge in [-0.3, -0.25) is 9.10 Å². The minimum absolute atomic E-state index is 0.0742. The highest BCUT2D eigenvalue weighted by molar-refractivity contribution is 7.92. The van der Waals surface area contributed by atoms with E-state index in [4.69, 9.17) is 21.1 Å². The van der Waals surface area contributed by atoms with E-state index in [2.05, 4.69) is 5.32 Å². The molecule has 0 atom stereocenters. The van der Waals surface area contributed by atoms with E-state index in [0.29, 0.717) is 27.8 Å². The summed E-state index contributed by atoms with van der Waals surface area (Å²) in [4.78, 5) is 12.1. The summed E-state index contributed by atoms with van der Waals surface area (Å²) >= 11 is 5.87. The lowest BCUT2D eigenvalue weighted by Crippen LogP contribution is -2.38. The Balaban J connectivity index is 1.69. The molecule has 0 saturated heterocycles. The number of carbonyl (C=O) groups excluding carboxylic acids is 1. The number of amides is 1. The second-order valence-corrected chi connectivity index (χ2v) is 7.98. The highest BCUT2D eigenvalue weighted by Gasteiger charge is 2.21. The molecular formula is C17H17ClN2O5S. The molecule has 1 amide bonds. The lowest BCUT2D eigenvalue weighted by Gasteiger charge is -2.22. The summed E-state index contributed by atoms with van der Waals surface area (Å²) in [5.74, 6) is 0.724. The summed E-state index contributed by atoms with van der Waals surface area (Å²) in [6.07, 6.45) is 1.11. The molecule has 1 heterocycles. The van der Waals surface area contributed by atoms with Gasteiger partial charge >= 0.3 is 0 Å². The minimum Gasteiger partial charge on any atom is -0.454 e. The Hall–Kier alpha value is -2.45. The van der Waals surface area contributed by atoms with Crippen molar-refractivity contribution >= 4 is 33.2 Å². The second-order valence-electron chi connectivity index (χ2n) is 5.64. The normalized spacial score (nSPS) is 12.7. The summed E-state index contributed by atoms with van der Waals surface area (Å²) in [6.45, 7) is 0.311. The Morgan fingerprint density at radius 2 is 1.96 bits per heavy atom. The Bertz CT molecular complexity index is 933. The molecule has 0 aromatic heterocycles. The van der Waals surface area contributed by atoms with Gasteiger partial charge in [0.25, 0.3) is 5.91 Å². The molecule has 2 aromatic rings. The van der Waals surface area contributed by atoms with Gasteiger partial charge in [0.05, 0.1) is 18.5 Å². The third-order valence-corrected chi connectivity index (χ3v) is 5.16. The topological polar surface area (TPSA) is 84.9 Å². The van der Waals surface area contributed by atoms with Crippen LogP contribution in [-0.4, -0.2) is 40.5 Å². The average molecular weight is 397 g/mol. The number of hydrogen-bond acceptors (Lipinski definition) is 5. The van der Waals surface area contributed by atoms with Crippen LogP contribution in [0.3, 0.4) is 0 Å². The van der Waals surface area contributed by atoms with Gasteiger partial charge in [0, 0.05) is 23.2 Å². The quantitative estimate of drug-likeness (QED) is 0.809. The van der Waals surface area contributed by atoms with Crippen LogP contribution in [0.5, 0.6) is 11.5 Å². The zero-order valence-corrected chi connectivity index (χ0v) is 15.5. The molecule has 1 aliphatic heterocycles. The Morgan fingerprint density at radius 1 is 1.19 bits per heavy atom. The lowest BCUT2D eigenvalue weighted by atomic mass is 10.2. The Kier molecular flexibility index (Phi) is 5.24. The van der Waals surface area contributed by atoms with E-state index >= 15 is 0 Å². The number of fused-ring (bicyclic) bond motifs is 1. The molecule has 0 bridgehead atoms. The predicted molar refractivity (Wildman–Crippen MR) is 98.5 cm³/mol. The first kappa shape index (κ1) is 18.3. The van der Waals surface area contributed by atoms with E-state index in [1.807, 2.05) is 0 Å². The van der Waals surface area contributed by atoms with Gasteiger partial charge in [-0.25, -0.2) is 8.42 Å². The maximum absolute atomic E-state index is 12.1. The number of nitrogens with zero attached hydrogens (tertiary/aromatic N) is 1. The highest BCUT2D eigenvalue weighted by atomic mass is 35.5. The molecule has 9 heteroatoms. The van der Waals surface area contributed by atoms with E-state index in [1.54, 1.807) is 42.5 Å². The number of halogens is 1. The number of rotatable bonds is 6. The predicted octanol–water partition coefficient (Wildman–Crippen LogP) is 2.26. The van der Waals surface area contributed by atoms with Crippen molar-refractivity contribution in [2.45, 2.75) is 0 Å². The van der Waals surface area contributed by atoms with E-state index in [1.165, 1.54) is 4.31 Å². The second kappa shape index (κ2) is 7.43. The monoisotopic (exact) mass is 396 g/mol. The van der Waals surface area contributed by atoms with Crippen molar-refractivity contribution < 1.29 is 22.7 Å². The van der Waals surface area contributed by atoms with Gasteiger partial charge in [0.15, 0.2) is 11.5 Å². The molecule has 0 spiro atoms. The zero-order valence-electron chi connectivity index (χ0n) is 13.9. The number of sulfonamides is 1. The summed E-state index contributed by atoms with van der Waals surface area (Å²) < 4.78 is 36.0. The average Bonchev–Trinajstić information content (AvgIpc) is 3.05. The first-order chi connectivity index (χ1) is 12.3. The Labute approximate surface area is 156 Å². The van der Waals surface area contributed by atoms with Gasteiger partial charge in [-0.05, 0) is 30.3 Å². The maximum atomic E-state index is 12.1. The molecule has 26 heavy (non-hydrogen) atoms. The van der Waals surface area contributed by atoms with Crippen LogP contribution in [0.15, 0.2) is 42.5 Å². The maximum Gasteiger partial charge on any atom is 0.251 e. The van der Waals surface area contributed by atoms with Gasteiger partial charge in [-0.15, -0.1) is 0 Å². The largest absolute Gasteiger partial charge is 0.454 e. The molecular weight excluding hydrogens is 380 g/mol. The zero-order chi connectivity index (χ0) is 18.7. The SMILES string of the molecule is CS(=O)(=O)N(CCNC(=O)c1cccc(Cl)c1)c1ccc2c(c1)OCO2. The van der Waals surface area contributed by atoms with Crippen LogP contribution in [0.25, 0.3) is 0 Å². The molecule has 138 valence electrons. The number of hydrogen-bond donors (Lipinski definition) is 1.